The van der Waals surface area contributed by atoms with E-state index in [9.17, 15) is 19.2 Å². The summed E-state index contributed by atoms with van der Waals surface area (Å²) in [6, 6.07) is 6.03. The van der Waals surface area contributed by atoms with Crippen molar-refractivity contribution < 1.29 is 23.9 Å². The molecule has 0 radical (unpaired) electrons. The molecule has 3 rings (SSSR count). The molecule has 1 unspecified atom stereocenters. The molecule has 4 amide bonds. The van der Waals surface area contributed by atoms with E-state index in [-0.39, 0.29) is 18.5 Å². The molecule has 0 bridgehead atoms. The zero-order chi connectivity index (χ0) is 20.1. The summed E-state index contributed by atoms with van der Waals surface area (Å²) in [6.45, 7) is 1.14. The standard InChI is InChI=1S/C19H22N4O5/c20-8-1-2-9-28-13-5-3-4-12(10-13)21-14-11-17(25)23(19(14)27)15-6-7-16(24)22-18(15)26/h3-5,10-11,15,21H,1-2,6-9,20H2,(H,22,24,26). The zero-order valence-corrected chi connectivity index (χ0v) is 15.3. The van der Waals surface area contributed by atoms with E-state index in [1.165, 1.54) is 0 Å². The number of anilines is 1. The molecule has 1 aromatic rings. The minimum Gasteiger partial charge on any atom is -0.494 e. The van der Waals surface area contributed by atoms with Gasteiger partial charge >= 0.3 is 0 Å². The van der Waals surface area contributed by atoms with E-state index in [1.807, 2.05) is 0 Å². The summed E-state index contributed by atoms with van der Waals surface area (Å²) < 4.78 is 5.64. The van der Waals surface area contributed by atoms with E-state index in [4.69, 9.17) is 10.5 Å². The van der Waals surface area contributed by atoms with Gasteiger partial charge in [-0.15, -0.1) is 0 Å². The number of imide groups is 2. The van der Waals surface area contributed by atoms with Gasteiger partial charge in [0.25, 0.3) is 11.8 Å². The first-order chi connectivity index (χ1) is 13.5. The van der Waals surface area contributed by atoms with Gasteiger partial charge in [-0.2, -0.15) is 0 Å². The van der Waals surface area contributed by atoms with Gasteiger partial charge in [-0.1, -0.05) is 6.07 Å². The summed E-state index contributed by atoms with van der Waals surface area (Å²) in [4.78, 5) is 49.1. The monoisotopic (exact) mass is 386 g/mol. The number of amides is 4. The first kappa shape index (κ1) is 19.6. The third kappa shape index (κ3) is 4.37. The molecular formula is C19H22N4O5. The third-order valence-electron chi connectivity index (χ3n) is 4.46. The fourth-order valence-electron chi connectivity index (χ4n) is 3.05. The Bertz CT molecular complexity index is 835. The smallest absolute Gasteiger partial charge is 0.278 e. The van der Waals surface area contributed by atoms with Crippen LogP contribution in [0.15, 0.2) is 36.0 Å². The van der Waals surface area contributed by atoms with Gasteiger partial charge in [0.15, 0.2) is 0 Å². The molecule has 1 aromatic carbocycles. The Morgan fingerprint density at radius 1 is 1.21 bits per heavy atom. The molecule has 0 saturated carbocycles. The maximum absolute atomic E-state index is 12.6. The summed E-state index contributed by atoms with van der Waals surface area (Å²) in [6.07, 6.45) is 3.07. The van der Waals surface area contributed by atoms with Gasteiger partial charge in [0.05, 0.1) is 6.61 Å². The first-order valence-corrected chi connectivity index (χ1v) is 9.12. The second-order valence-corrected chi connectivity index (χ2v) is 6.54. The molecule has 4 N–H and O–H groups in total. The van der Waals surface area contributed by atoms with E-state index in [0.717, 1.165) is 23.8 Å². The highest BCUT2D eigenvalue weighted by Crippen LogP contribution is 2.24. The molecule has 9 heteroatoms. The van der Waals surface area contributed by atoms with E-state index in [0.29, 0.717) is 24.6 Å². The van der Waals surface area contributed by atoms with Crippen LogP contribution in [0, 0.1) is 0 Å². The summed E-state index contributed by atoms with van der Waals surface area (Å²) in [5, 5.41) is 5.06. The predicted octanol–water partition coefficient (Wildman–Crippen LogP) is 0.274. The molecule has 28 heavy (non-hydrogen) atoms. The number of hydrogen-bond donors (Lipinski definition) is 3. The third-order valence-corrected chi connectivity index (χ3v) is 4.46. The Morgan fingerprint density at radius 2 is 2.04 bits per heavy atom. The second-order valence-electron chi connectivity index (χ2n) is 6.54. The maximum Gasteiger partial charge on any atom is 0.278 e. The quantitative estimate of drug-likeness (QED) is 0.432. The SMILES string of the molecule is NCCCCOc1cccc(NC2=CC(=O)N(C3CCC(=O)NC3=O)C2=O)c1. The zero-order valence-electron chi connectivity index (χ0n) is 15.3. The Kier molecular flexibility index (Phi) is 6.05. The number of piperidine rings is 1. The van der Waals surface area contributed by atoms with E-state index < -0.39 is 29.7 Å². The molecule has 1 atom stereocenters. The van der Waals surface area contributed by atoms with Crippen LogP contribution < -0.4 is 21.1 Å². The van der Waals surface area contributed by atoms with Gasteiger partial charge in [-0.05, 0) is 37.9 Å². The molecule has 2 aliphatic heterocycles. The number of hydrogen-bond acceptors (Lipinski definition) is 7. The highest BCUT2D eigenvalue weighted by atomic mass is 16.5. The van der Waals surface area contributed by atoms with Crippen LogP contribution >= 0.6 is 0 Å². The van der Waals surface area contributed by atoms with E-state index in [1.54, 1.807) is 24.3 Å². The summed E-state index contributed by atoms with van der Waals surface area (Å²) in [5.74, 6) is -1.61. The second kappa shape index (κ2) is 8.66. The molecule has 1 fully saturated rings. The number of carbonyl (C=O) groups excluding carboxylic acids is 4. The van der Waals surface area contributed by atoms with Crippen molar-refractivity contribution in [3.63, 3.8) is 0 Å². The molecule has 9 nitrogen and oxygen atoms in total. The van der Waals surface area contributed by atoms with Crippen molar-refractivity contribution in [1.29, 1.82) is 0 Å². The number of nitrogens with one attached hydrogen (secondary N) is 2. The van der Waals surface area contributed by atoms with Gasteiger partial charge in [0.1, 0.15) is 17.5 Å². The lowest BCUT2D eigenvalue weighted by Gasteiger charge is -2.28. The highest BCUT2D eigenvalue weighted by Gasteiger charge is 2.42. The molecule has 2 aliphatic rings. The maximum atomic E-state index is 12.6. The fraction of sp³-hybridized carbons (Fsp3) is 0.368. The lowest BCUT2D eigenvalue weighted by molar-refractivity contribution is -0.149. The average molecular weight is 386 g/mol. The number of carbonyl (C=O) groups is 4. The van der Waals surface area contributed by atoms with Crippen molar-refractivity contribution >= 4 is 29.3 Å². The number of nitrogens with two attached hydrogens (primary N) is 1. The number of rotatable bonds is 8. The van der Waals surface area contributed by atoms with Gasteiger partial charge in [0.2, 0.25) is 11.8 Å². The van der Waals surface area contributed by atoms with Crippen LogP contribution in [0.3, 0.4) is 0 Å². The number of nitrogens with zero attached hydrogens (tertiary/aromatic N) is 1. The van der Waals surface area contributed by atoms with Gasteiger partial charge < -0.3 is 15.8 Å². The molecule has 2 heterocycles. The van der Waals surface area contributed by atoms with Gasteiger partial charge in [0, 0.05) is 24.3 Å². The lowest BCUT2D eigenvalue weighted by atomic mass is 10.0. The Labute approximate surface area is 161 Å². The lowest BCUT2D eigenvalue weighted by Crippen LogP contribution is -2.54. The molecule has 0 aromatic heterocycles. The van der Waals surface area contributed by atoms with Crippen LogP contribution in [-0.2, 0) is 19.2 Å². The molecule has 0 aliphatic carbocycles. The normalized spacial score (nSPS) is 19.5. The van der Waals surface area contributed by atoms with E-state index in [2.05, 4.69) is 10.6 Å². The predicted molar refractivity (Wildman–Crippen MR) is 100.0 cm³/mol. The van der Waals surface area contributed by atoms with Gasteiger partial charge in [-0.3, -0.25) is 29.4 Å². The fourth-order valence-corrected chi connectivity index (χ4v) is 3.05. The van der Waals surface area contributed by atoms with Crippen LogP contribution in [0.2, 0.25) is 0 Å². The number of benzene rings is 1. The van der Waals surface area contributed by atoms with Crippen molar-refractivity contribution in [1.82, 2.24) is 10.2 Å². The van der Waals surface area contributed by atoms with Crippen LogP contribution in [0.5, 0.6) is 5.75 Å². The summed E-state index contributed by atoms with van der Waals surface area (Å²) in [5.41, 5.74) is 6.09. The van der Waals surface area contributed by atoms with Crippen LogP contribution in [0.4, 0.5) is 5.69 Å². The minimum absolute atomic E-state index is 0.0648. The number of ether oxygens (including phenoxy) is 1. The molecule has 148 valence electrons. The average Bonchev–Trinajstić information content (AvgIpc) is 2.93. The van der Waals surface area contributed by atoms with Crippen molar-refractivity contribution in [3.8, 4) is 5.75 Å². The van der Waals surface area contributed by atoms with Crippen LogP contribution in [0.25, 0.3) is 0 Å². The van der Waals surface area contributed by atoms with E-state index >= 15 is 0 Å². The number of unbranched alkanes of at least 4 members (excludes halogenated alkanes) is 1. The van der Waals surface area contributed by atoms with Crippen LogP contribution in [-0.4, -0.2) is 47.7 Å². The van der Waals surface area contributed by atoms with Crippen LogP contribution in [0.1, 0.15) is 25.7 Å². The summed E-state index contributed by atoms with van der Waals surface area (Å²) >= 11 is 0. The Hall–Kier alpha value is -3.20. The van der Waals surface area contributed by atoms with Crippen molar-refractivity contribution in [2.24, 2.45) is 5.73 Å². The molecule has 0 spiro atoms. The Morgan fingerprint density at radius 3 is 2.79 bits per heavy atom. The van der Waals surface area contributed by atoms with Crippen molar-refractivity contribution in [2.75, 3.05) is 18.5 Å². The van der Waals surface area contributed by atoms with Crippen molar-refractivity contribution in [3.05, 3.63) is 36.0 Å². The van der Waals surface area contributed by atoms with Crippen molar-refractivity contribution in [2.45, 2.75) is 31.7 Å². The summed E-state index contributed by atoms with van der Waals surface area (Å²) in [7, 11) is 0. The molecule has 1 saturated heterocycles. The Balaban J connectivity index is 1.64. The molecular weight excluding hydrogens is 364 g/mol. The largest absolute Gasteiger partial charge is 0.494 e. The topological polar surface area (TPSA) is 131 Å². The first-order valence-electron chi connectivity index (χ1n) is 9.12. The highest BCUT2D eigenvalue weighted by molar-refractivity contribution is 6.20. The minimum atomic E-state index is -0.981. The van der Waals surface area contributed by atoms with Gasteiger partial charge in [-0.25, -0.2) is 0 Å².